The van der Waals surface area contributed by atoms with Crippen LogP contribution in [0.25, 0.3) is 5.69 Å². The van der Waals surface area contributed by atoms with E-state index in [1.54, 1.807) is 0 Å². The number of nitrogens with one attached hydrogen (secondary N) is 2. The molecular weight excluding hydrogens is 383 g/mol. The molecule has 3 rings (SSSR count). The minimum atomic E-state index is -0.888. The second kappa shape index (κ2) is 8.56. The van der Waals surface area contributed by atoms with E-state index in [9.17, 15) is 29.8 Å². The zero-order chi connectivity index (χ0) is 19.6. The van der Waals surface area contributed by atoms with Crippen LogP contribution in [0.15, 0.2) is 53.3 Å². The van der Waals surface area contributed by atoms with Crippen LogP contribution >= 0.6 is 0 Å². The fraction of sp³-hybridized carbons (Fsp3) is 0. The number of rotatable bonds is 5. The first-order chi connectivity index (χ1) is 12.9. The Balaban J connectivity index is 0.00000280. The van der Waals surface area contributed by atoms with Gasteiger partial charge in [0, 0.05) is 30.0 Å². The molecule has 3 aromatic rings. The normalized spacial score (nSPS) is 10.0. The first-order valence-corrected chi connectivity index (χ1v) is 7.35. The average Bonchev–Trinajstić information content (AvgIpc) is 3.03. The van der Waals surface area contributed by atoms with Crippen molar-refractivity contribution in [2.45, 2.75) is 0 Å². The molecule has 0 unspecified atom stereocenters. The first kappa shape index (κ1) is 21.0. The quantitative estimate of drug-likeness (QED) is 0.306. The Morgan fingerprint density at radius 1 is 1.04 bits per heavy atom. The summed E-state index contributed by atoms with van der Waals surface area (Å²) in [5, 5.41) is 29.9. The maximum absolute atomic E-state index is 12.4. The van der Waals surface area contributed by atoms with Gasteiger partial charge in [-0.2, -0.15) is 0 Å². The molecule has 13 heteroatoms. The molecule has 0 saturated carbocycles. The Hall–Kier alpha value is -3.35. The van der Waals surface area contributed by atoms with E-state index in [-0.39, 0.29) is 52.3 Å². The molecule has 0 aliphatic rings. The number of aromatic nitrogens is 3. The molecule has 0 aliphatic carbocycles. The molecule has 12 nitrogen and oxygen atoms in total. The maximum atomic E-state index is 12.4. The van der Waals surface area contributed by atoms with Crippen molar-refractivity contribution in [3.05, 3.63) is 84.8 Å². The Morgan fingerprint density at radius 2 is 1.64 bits per heavy atom. The number of carbonyl (C=O) groups is 1. The van der Waals surface area contributed by atoms with Crippen molar-refractivity contribution >= 4 is 23.0 Å². The third-order valence-electron chi connectivity index (χ3n) is 3.50. The number of H-pyrrole nitrogens is 1. The van der Waals surface area contributed by atoms with Gasteiger partial charge in [0.15, 0.2) is 0 Å². The minimum Gasteiger partial charge on any atom is -0.320 e. The summed E-state index contributed by atoms with van der Waals surface area (Å²) >= 11 is 0. The van der Waals surface area contributed by atoms with E-state index in [0.717, 1.165) is 16.8 Å². The molecule has 2 N–H and O–H groups in total. The number of hydrogen-bond acceptors (Lipinski definition) is 7. The van der Waals surface area contributed by atoms with E-state index in [1.807, 2.05) is 0 Å². The van der Waals surface area contributed by atoms with Crippen molar-refractivity contribution in [3.63, 3.8) is 0 Å². The van der Waals surface area contributed by atoms with E-state index in [0.29, 0.717) is 0 Å². The van der Waals surface area contributed by atoms with Crippen molar-refractivity contribution in [3.8, 4) is 5.69 Å². The zero-order valence-electron chi connectivity index (χ0n) is 14.4. The summed E-state index contributed by atoms with van der Waals surface area (Å²) in [5.74, 6) is -0.888. The molecule has 0 fully saturated rings. The predicted molar refractivity (Wildman–Crippen MR) is 91.9 cm³/mol. The number of carbonyl (C=O) groups excluding carboxylic acids is 1. The maximum Gasteiger partial charge on any atom is 1.00 e. The summed E-state index contributed by atoms with van der Waals surface area (Å²) < 4.78 is 0.870. The molecule has 1 heterocycles. The number of nitro benzene ring substituents is 2. The van der Waals surface area contributed by atoms with Gasteiger partial charge in [-0.1, -0.05) is 12.1 Å². The summed E-state index contributed by atoms with van der Waals surface area (Å²) in [5.41, 5.74) is -1.58. The van der Waals surface area contributed by atoms with Crippen LogP contribution in [-0.2, 0) is 0 Å². The van der Waals surface area contributed by atoms with E-state index in [1.165, 1.54) is 36.4 Å². The molecule has 28 heavy (non-hydrogen) atoms. The summed E-state index contributed by atoms with van der Waals surface area (Å²) in [6, 6.07) is 10.4. The molecule has 1 amide bonds. The standard InChI is InChI=1S/C15H10N6O6.Na/c22-14(16-9-3-1-5-11(7-9)20(24)25)13-15(23)19(18-17-13)10-4-2-6-12(8-10)21(26)27;/h1-8,18H,(H,16,22);/q;+1. The number of anilines is 1. The first-order valence-electron chi connectivity index (χ1n) is 7.35. The molecular formula is C15H10N6NaO6+. The van der Waals surface area contributed by atoms with Gasteiger partial charge in [0.25, 0.3) is 17.3 Å². The molecule has 0 spiro atoms. The minimum absolute atomic E-state index is 0. The fourth-order valence-corrected chi connectivity index (χ4v) is 2.26. The molecule has 0 radical (unpaired) electrons. The van der Waals surface area contributed by atoms with Crippen molar-refractivity contribution in [1.82, 2.24) is 15.0 Å². The molecule has 0 bridgehead atoms. The third kappa shape index (κ3) is 4.31. The van der Waals surface area contributed by atoms with Crippen LogP contribution < -0.4 is 40.4 Å². The Kier molecular flexibility index (Phi) is 6.41. The Bertz CT molecular complexity index is 1120. The van der Waals surface area contributed by atoms with Crippen LogP contribution in [0.4, 0.5) is 17.1 Å². The van der Waals surface area contributed by atoms with Gasteiger partial charge in [-0.25, -0.2) is 9.90 Å². The second-order valence-electron chi connectivity index (χ2n) is 5.24. The van der Waals surface area contributed by atoms with Gasteiger partial charge in [-0.05, 0) is 12.1 Å². The summed E-state index contributed by atoms with van der Waals surface area (Å²) in [7, 11) is 0. The molecule has 0 atom stereocenters. The molecule has 0 saturated heterocycles. The van der Waals surface area contributed by atoms with E-state index < -0.39 is 27.0 Å². The largest absolute Gasteiger partial charge is 1.00 e. The van der Waals surface area contributed by atoms with Crippen molar-refractivity contribution in [1.29, 1.82) is 0 Å². The topological polar surface area (TPSA) is 166 Å². The van der Waals surface area contributed by atoms with Crippen LogP contribution in [0.1, 0.15) is 10.5 Å². The van der Waals surface area contributed by atoms with E-state index in [2.05, 4.69) is 15.6 Å². The molecule has 1 aromatic heterocycles. The van der Waals surface area contributed by atoms with Crippen LogP contribution in [0.5, 0.6) is 0 Å². The Morgan fingerprint density at radius 3 is 2.29 bits per heavy atom. The number of nitro groups is 2. The zero-order valence-corrected chi connectivity index (χ0v) is 16.4. The van der Waals surface area contributed by atoms with E-state index >= 15 is 0 Å². The number of non-ortho nitro benzene ring substituents is 2. The van der Waals surface area contributed by atoms with Crippen LogP contribution in [-0.4, -0.2) is 30.7 Å². The molecule has 2 aromatic carbocycles. The van der Waals surface area contributed by atoms with Crippen molar-refractivity contribution < 1.29 is 44.2 Å². The van der Waals surface area contributed by atoms with Gasteiger partial charge in [-0.3, -0.25) is 29.8 Å². The summed E-state index contributed by atoms with van der Waals surface area (Å²) in [6.07, 6.45) is 0. The van der Waals surface area contributed by atoms with Gasteiger partial charge in [-0.15, -0.1) is 5.10 Å². The van der Waals surface area contributed by atoms with Gasteiger partial charge < -0.3 is 5.32 Å². The number of amides is 1. The van der Waals surface area contributed by atoms with Gasteiger partial charge in [0.2, 0.25) is 5.69 Å². The number of aromatic amines is 1. The molecule has 136 valence electrons. The van der Waals surface area contributed by atoms with Crippen LogP contribution in [0.3, 0.4) is 0 Å². The van der Waals surface area contributed by atoms with Crippen LogP contribution in [0, 0.1) is 20.2 Å². The second-order valence-corrected chi connectivity index (χ2v) is 5.24. The summed E-state index contributed by atoms with van der Waals surface area (Å²) in [4.78, 5) is 45.0. The monoisotopic (exact) mass is 393 g/mol. The van der Waals surface area contributed by atoms with Crippen molar-refractivity contribution in [2.24, 2.45) is 0 Å². The number of benzene rings is 2. The van der Waals surface area contributed by atoms with Crippen molar-refractivity contribution in [2.75, 3.05) is 5.32 Å². The predicted octanol–water partition coefficient (Wildman–Crippen LogP) is -1.37. The SMILES string of the molecule is O=C(Nc1cccc([N+](=O)[O-])c1)c1n[nH]n(-c2cccc([N+](=O)[O-])c2)c1=O.[Na+]. The number of nitrogens with zero attached hydrogens (tertiary/aromatic N) is 4. The Labute approximate surface area is 177 Å². The molecule has 0 aliphatic heterocycles. The smallest absolute Gasteiger partial charge is 0.320 e. The average molecular weight is 393 g/mol. The van der Waals surface area contributed by atoms with Crippen LogP contribution in [0.2, 0.25) is 0 Å². The van der Waals surface area contributed by atoms with Gasteiger partial charge >= 0.3 is 35.1 Å². The fourth-order valence-electron chi connectivity index (χ4n) is 2.26. The van der Waals surface area contributed by atoms with Gasteiger partial charge in [0.05, 0.1) is 15.5 Å². The third-order valence-corrected chi connectivity index (χ3v) is 3.50. The summed E-state index contributed by atoms with van der Waals surface area (Å²) in [6.45, 7) is 0. The number of hydrogen-bond donors (Lipinski definition) is 2. The van der Waals surface area contributed by atoms with E-state index in [4.69, 9.17) is 0 Å². The van der Waals surface area contributed by atoms with Gasteiger partial charge in [0.1, 0.15) is 0 Å².